The number of hydrogen-bond acceptors (Lipinski definition) is 4. The number of pyridine rings is 1. The Bertz CT molecular complexity index is 938. The van der Waals surface area contributed by atoms with Crippen LogP contribution in [0, 0.1) is 11.6 Å². The Morgan fingerprint density at radius 3 is 2.50 bits per heavy atom. The van der Waals surface area contributed by atoms with Crippen molar-refractivity contribution in [2.75, 3.05) is 0 Å². The first-order valence-corrected chi connectivity index (χ1v) is 9.26. The molecule has 0 spiro atoms. The Hall–Kier alpha value is -2.16. The Morgan fingerprint density at radius 1 is 1.08 bits per heavy atom. The largest absolute Gasteiger partial charge is 0.255 e. The second kappa shape index (κ2) is 6.76. The van der Waals surface area contributed by atoms with Gasteiger partial charge in [0.15, 0.2) is 4.90 Å². The number of benzene rings is 1. The van der Waals surface area contributed by atoms with E-state index in [4.69, 9.17) is 0 Å². The average Bonchev–Trinajstić information content (AvgIpc) is 3.07. The Labute approximate surface area is 141 Å². The predicted molar refractivity (Wildman–Crippen MR) is 87.9 cm³/mol. The molecule has 0 amide bonds. The number of halogens is 2. The summed E-state index contributed by atoms with van der Waals surface area (Å²) in [6.45, 7) is -0.100. The van der Waals surface area contributed by atoms with Crippen LogP contribution in [0.5, 0.6) is 0 Å². The third kappa shape index (κ3) is 3.50. The first-order valence-electron chi connectivity index (χ1n) is 6.90. The molecule has 0 atom stereocenters. The molecule has 0 bridgehead atoms. The molecule has 2 heterocycles. The zero-order chi connectivity index (χ0) is 17.2. The van der Waals surface area contributed by atoms with Gasteiger partial charge < -0.3 is 0 Å². The standard InChI is InChI=1S/C16H12F2N2O2S2/c17-12-3-1-4-13(18)16(12)24(21,22)20-10-11-6-7-19-14(9-11)15-5-2-8-23-15/h1-9,20H,10H2. The van der Waals surface area contributed by atoms with Gasteiger partial charge in [-0.3, -0.25) is 4.98 Å². The van der Waals surface area contributed by atoms with E-state index in [0.29, 0.717) is 11.3 Å². The summed E-state index contributed by atoms with van der Waals surface area (Å²) in [6, 6.07) is 10.1. The third-order valence-electron chi connectivity index (χ3n) is 3.25. The molecule has 0 unspecified atom stereocenters. The van der Waals surface area contributed by atoms with Gasteiger partial charge in [0.2, 0.25) is 10.0 Å². The van der Waals surface area contributed by atoms with E-state index in [9.17, 15) is 17.2 Å². The fraction of sp³-hybridized carbons (Fsp3) is 0.0625. The van der Waals surface area contributed by atoms with Crippen LogP contribution in [-0.4, -0.2) is 13.4 Å². The van der Waals surface area contributed by atoms with E-state index in [1.807, 2.05) is 17.5 Å². The van der Waals surface area contributed by atoms with E-state index in [0.717, 1.165) is 23.1 Å². The van der Waals surface area contributed by atoms with Crippen LogP contribution in [0.1, 0.15) is 5.56 Å². The lowest BCUT2D eigenvalue weighted by Gasteiger charge is -2.09. The maximum Gasteiger partial charge on any atom is 0.246 e. The van der Waals surface area contributed by atoms with Gasteiger partial charge in [0.25, 0.3) is 0 Å². The van der Waals surface area contributed by atoms with Crippen LogP contribution in [-0.2, 0) is 16.6 Å². The van der Waals surface area contributed by atoms with E-state index in [1.54, 1.807) is 18.3 Å². The van der Waals surface area contributed by atoms with Crippen molar-refractivity contribution in [1.29, 1.82) is 0 Å². The van der Waals surface area contributed by atoms with Crippen LogP contribution in [0.4, 0.5) is 8.78 Å². The van der Waals surface area contributed by atoms with Crippen molar-refractivity contribution in [3.05, 3.63) is 71.2 Å². The maximum atomic E-state index is 13.7. The topological polar surface area (TPSA) is 59.1 Å². The molecule has 24 heavy (non-hydrogen) atoms. The molecule has 1 aromatic carbocycles. The van der Waals surface area contributed by atoms with Crippen molar-refractivity contribution < 1.29 is 17.2 Å². The summed E-state index contributed by atoms with van der Waals surface area (Å²) in [5.74, 6) is -2.26. The molecule has 0 aliphatic heterocycles. The first-order chi connectivity index (χ1) is 11.5. The molecule has 2 aromatic heterocycles. The Morgan fingerprint density at radius 2 is 1.83 bits per heavy atom. The lowest BCUT2D eigenvalue weighted by molar-refractivity contribution is 0.514. The van der Waals surface area contributed by atoms with Crippen LogP contribution in [0.15, 0.2) is 58.9 Å². The SMILES string of the molecule is O=S(=O)(NCc1ccnc(-c2cccs2)c1)c1c(F)cccc1F. The second-order valence-electron chi connectivity index (χ2n) is 4.90. The summed E-state index contributed by atoms with van der Waals surface area (Å²) in [7, 11) is -4.30. The second-order valence-corrected chi connectivity index (χ2v) is 7.55. The fourth-order valence-electron chi connectivity index (χ4n) is 2.13. The molecule has 8 heteroatoms. The molecule has 0 fully saturated rings. The monoisotopic (exact) mass is 366 g/mol. The summed E-state index contributed by atoms with van der Waals surface area (Å²) < 4.78 is 53.8. The van der Waals surface area contributed by atoms with Gasteiger partial charge in [-0.1, -0.05) is 12.1 Å². The first kappa shape index (κ1) is 16.7. The van der Waals surface area contributed by atoms with Gasteiger partial charge in [-0.05, 0) is 41.3 Å². The van der Waals surface area contributed by atoms with Gasteiger partial charge in [0.1, 0.15) is 11.6 Å². The van der Waals surface area contributed by atoms with Crippen LogP contribution in [0.3, 0.4) is 0 Å². The summed E-state index contributed by atoms with van der Waals surface area (Å²) in [5, 5.41) is 1.91. The number of hydrogen-bond donors (Lipinski definition) is 1. The number of aromatic nitrogens is 1. The lowest BCUT2D eigenvalue weighted by Crippen LogP contribution is -2.25. The molecule has 3 rings (SSSR count). The van der Waals surface area contributed by atoms with Crippen molar-refractivity contribution in [3.63, 3.8) is 0 Å². The Kier molecular flexibility index (Phi) is 4.70. The normalized spacial score (nSPS) is 11.6. The van der Waals surface area contributed by atoms with E-state index >= 15 is 0 Å². The highest BCUT2D eigenvalue weighted by atomic mass is 32.2. The molecule has 1 N–H and O–H groups in total. The van der Waals surface area contributed by atoms with Gasteiger partial charge in [-0.2, -0.15) is 0 Å². The van der Waals surface area contributed by atoms with Gasteiger partial charge in [0, 0.05) is 12.7 Å². The highest BCUT2D eigenvalue weighted by molar-refractivity contribution is 7.89. The van der Waals surface area contributed by atoms with Crippen molar-refractivity contribution >= 4 is 21.4 Å². The third-order valence-corrected chi connectivity index (χ3v) is 5.60. The van der Waals surface area contributed by atoms with Gasteiger partial charge >= 0.3 is 0 Å². The van der Waals surface area contributed by atoms with E-state index in [2.05, 4.69) is 9.71 Å². The van der Waals surface area contributed by atoms with Crippen molar-refractivity contribution in [2.45, 2.75) is 11.4 Å². The molecule has 3 aromatic rings. The lowest BCUT2D eigenvalue weighted by atomic mass is 10.2. The van der Waals surface area contributed by atoms with Crippen LogP contribution < -0.4 is 4.72 Å². The molecule has 0 saturated carbocycles. The molecule has 0 saturated heterocycles. The zero-order valence-corrected chi connectivity index (χ0v) is 13.9. The number of sulfonamides is 1. The van der Waals surface area contributed by atoms with Crippen molar-refractivity contribution in [3.8, 4) is 10.6 Å². The van der Waals surface area contributed by atoms with Crippen LogP contribution >= 0.6 is 11.3 Å². The van der Waals surface area contributed by atoms with Gasteiger partial charge in [-0.15, -0.1) is 11.3 Å². The molecule has 0 aliphatic rings. The molecule has 124 valence electrons. The zero-order valence-electron chi connectivity index (χ0n) is 12.2. The van der Waals surface area contributed by atoms with Crippen LogP contribution in [0.2, 0.25) is 0 Å². The fourth-order valence-corrected chi connectivity index (χ4v) is 3.98. The highest BCUT2D eigenvalue weighted by Gasteiger charge is 2.23. The molecular formula is C16H12F2N2O2S2. The molecule has 0 aliphatic carbocycles. The minimum atomic E-state index is -4.30. The Balaban J connectivity index is 1.82. The number of rotatable bonds is 5. The van der Waals surface area contributed by atoms with Crippen molar-refractivity contribution in [1.82, 2.24) is 9.71 Å². The van der Waals surface area contributed by atoms with E-state index in [-0.39, 0.29) is 6.54 Å². The van der Waals surface area contributed by atoms with Gasteiger partial charge in [0.05, 0.1) is 10.6 Å². The maximum absolute atomic E-state index is 13.7. The average molecular weight is 366 g/mol. The number of nitrogens with one attached hydrogen (secondary N) is 1. The predicted octanol–water partition coefficient (Wildman–Crippen LogP) is 3.57. The summed E-state index contributed by atoms with van der Waals surface area (Å²) >= 11 is 1.51. The van der Waals surface area contributed by atoms with E-state index < -0.39 is 26.6 Å². The summed E-state index contributed by atoms with van der Waals surface area (Å²) in [4.78, 5) is 4.20. The summed E-state index contributed by atoms with van der Waals surface area (Å²) in [5.41, 5.74) is 1.34. The van der Waals surface area contributed by atoms with Gasteiger partial charge in [-0.25, -0.2) is 21.9 Å². The van der Waals surface area contributed by atoms with Crippen LogP contribution in [0.25, 0.3) is 10.6 Å². The minimum absolute atomic E-state index is 0.100. The summed E-state index contributed by atoms with van der Waals surface area (Å²) in [6.07, 6.45) is 1.56. The van der Waals surface area contributed by atoms with E-state index in [1.165, 1.54) is 11.3 Å². The smallest absolute Gasteiger partial charge is 0.246 e. The number of thiophene rings is 1. The highest BCUT2D eigenvalue weighted by Crippen LogP contribution is 2.23. The number of nitrogens with zero attached hydrogens (tertiary/aromatic N) is 1. The van der Waals surface area contributed by atoms with Crippen molar-refractivity contribution in [2.24, 2.45) is 0 Å². The minimum Gasteiger partial charge on any atom is -0.255 e. The molecular weight excluding hydrogens is 354 g/mol. The molecule has 4 nitrogen and oxygen atoms in total. The quantitative estimate of drug-likeness (QED) is 0.751. The molecule has 0 radical (unpaired) electrons.